The van der Waals surface area contributed by atoms with E-state index in [-0.39, 0.29) is 30.2 Å². The van der Waals surface area contributed by atoms with Crippen LogP contribution in [0.5, 0.6) is 11.5 Å². The molecular formula is C21H16F3N5O4. The van der Waals surface area contributed by atoms with E-state index in [0.717, 1.165) is 11.3 Å². The van der Waals surface area contributed by atoms with Crippen molar-refractivity contribution in [1.82, 2.24) is 25.1 Å². The Morgan fingerprint density at radius 2 is 1.76 bits per heavy atom. The molecule has 0 fully saturated rings. The summed E-state index contributed by atoms with van der Waals surface area (Å²) in [7, 11) is 1.61. The molecule has 0 spiro atoms. The van der Waals surface area contributed by atoms with Crippen molar-refractivity contribution in [3.05, 3.63) is 59.8 Å². The third-order valence-corrected chi connectivity index (χ3v) is 5.06. The van der Waals surface area contributed by atoms with Crippen molar-refractivity contribution in [1.29, 1.82) is 0 Å². The molecule has 0 saturated carbocycles. The highest BCUT2D eigenvalue weighted by Gasteiger charge is 2.31. The Labute approximate surface area is 184 Å². The van der Waals surface area contributed by atoms with Gasteiger partial charge in [-0.3, -0.25) is 0 Å². The summed E-state index contributed by atoms with van der Waals surface area (Å²) in [6.45, 7) is 0.691. The van der Waals surface area contributed by atoms with Gasteiger partial charge in [-0.2, -0.15) is 4.98 Å². The van der Waals surface area contributed by atoms with Crippen LogP contribution in [-0.4, -0.2) is 38.6 Å². The van der Waals surface area contributed by atoms with E-state index in [1.807, 2.05) is 24.3 Å². The summed E-state index contributed by atoms with van der Waals surface area (Å²) in [5.74, 6) is 0.741. The molecule has 0 bridgehead atoms. The minimum absolute atomic E-state index is 0.133. The lowest BCUT2D eigenvalue weighted by atomic mass is 10.1. The first-order valence-corrected chi connectivity index (χ1v) is 9.78. The van der Waals surface area contributed by atoms with Gasteiger partial charge in [0.25, 0.3) is 5.89 Å². The average Bonchev–Trinajstić information content (AvgIpc) is 3.45. The molecule has 0 N–H and O–H groups in total. The third kappa shape index (κ3) is 4.37. The van der Waals surface area contributed by atoms with Gasteiger partial charge in [0.05, 0.1) is 26.0 Å². The fourth-order valence-corrected chi connectivity index (χ4v) is 3.44. The lowest BCUT2D eigenvalue weighted by molar-refractivity contribution is -0.274. The first-order chi connectivity index (χ1) is 15.9. The van der Waals surface area contributed by atoms with E-state index in [1.165, 1.54) is 24.3 Å². The Hall–Kier alpha value is -3.93. The Balaban J connectivity index is 1.33. The molecule has 5 rings (SSSR count). The molecule has 9 nitrogen and oxygen atoms in total. The molecule has 1 atom stereocenters. The SMILES string of the molecule is COc1ccc([C@@H]2Cn3nnc(-c4nc(-c5ccc(OC(F)(F)F)cc5)no4)c3CO2)cc1. The van der Waals surface area contributed by atoms with Gasteiger partial charge in [-0.15, -0.1) is 18.3 Å². The van der Waals surface area contributed by atoms with Crippen molar-refractivity contribution in [3.8, 4) is 34.5 Å². The Kier molecular flexibility index (Phi) is 5.21. The molecule has 0 unspecified atom stereocenters. The highest BCUT2D eigenvalue weighted by molar-refractivity contribution is 5.59. The zero-order valence-corrected chi connectivity index (χ0v) is 17.1. The molecule has 3 heterocycles. The summed E-state index contributed by atoms with van der Waals surface area (Å²) in [4.78, 5) is 4.31. The average molecular weight is 459 g/mol. The normalized spacial score (nSPS) is 15.8. The second kappa shape index (κ2) is 8.20. The standard InChI is InChI=1S/C21H16F3N5O4/c1-30-14-6-2-12(3-7-14)17-10-29-16(11-31-17)18(26-28-29)20-25-19(27-33-20)13-4-8-15(9-5-13)32-21(22,23)24/h2-9,17H,10-11H2,1H3/t17-/m0/s1. The number of halogens is 3. The number of rotatable bonds is 5. The number of fused-ring (bicyclic) bond motifs is 1. The van der Waals surface area contributed by atoms with Crippen molar-refractivity contribution in [2.75, 3.05) is 7.11 Å². The smallest absolute Gasteiger partial charge is 0.497 e. The van der Waals surface area contributed by atoms with Crippen molar-refractivity contribution in [2.24, 2.45) is 0 Å². The van der Waals surface area contributed by atoms with E-state index in [0.29, 0.717) is 23.5 Å². The van der Waals surface area contributed by atoms with Crippen LogP contribution in [0.2, 0.25) is 0 Å². The van der Waals surface area contributed by atoms with E-state index in [1.54, 1.807) is 11.8 Å². The van der Waals surface area contributed by atoms with Crippen molar-refractivity contribution in [2.45, 2.75) is 25.6 Å². The lowest BCUT2D eigenvalue weighted by Gasteiger charge is -2.24. The van der Waals surface area contributed by atoms with Crippen molar-refractivity contribution in [3.63, 3.8) is 0 Å². The van der Waals surface area contributed by atoms with Gasteiger partial charge in [-0.25, -0.2) is 4.68 Å². The quantitative estimate of drug-likeness (QED) is 0.439. The van der Waals surface area contributed by atoms with Crippen LogP contribution in [0.3, 0.4) is 0 Å². The highest BCUT2D eigenvalue weighted by Crippen LogP contribution is 2.32. The molecule has 33 heavy (non-hydrogen) atoms. The second-order valence-electron chi connectivity index (χ2n) is 7.13. The van der Waals surface area contributed by atoms with Gasteiger partial charge in [-0.1, -0.05) is 22.5 Å². The van der Waals surface area contributed by atoms with Gasteiger partial charge in [0.1, 0.15) is 17.6 Å². The predicted octanol–water partition coefficient (Wildman–Crippen LogP) is 4.17. The maximum absolute atomic E-state index is 12.3. The fraction of sp³-hybridized carbons (Fsp3) is 0.238. The first kappa shape index (κ1) is 20.9. The van der Waals surface area contributed by atoms with Gasteiger partial charge >= 0.3 is 6.36 Å². The molecule has 0 radical (unpaired) electrons. The fourth-order valence-electron chi connectivity index (χ4n) is 3.44. The molecule has 2 aromatic carbocycles. The molecule has 170 valence electrons. The van der Waals surface area contributed by atoms with Crippen LogP contribution in [0.15, 0.2) is 53.1 Å². The number of ether oxygens (including phenoxy) is 3. The van der Waals surface area contributed by atoms with Crippen LogP contribution in [0.1, 0.15) is 17.4 Å². The minimum atomic E-state index is -4.76. The molecule has 2 aromatic heterocycles. The van der Waals surface area contributed by atoms with E-state index in [2.05, 4.69) is 25.2 Å². The number of aromatic nitrogens is 5. The van der Waals surface area contributed by atoms with Crippen LogP contribution >= 0.6 is 0 Å². The molecule has 12 heteroatoms. The van der Waals surface area contributed by atoms with Crippen LogP contribution in [0.25, 0.3) is 23.0 Å². The number of hydrogen-bond donors (Lipinski definition) is 0. The summed E-state index contributed by atoms with van der Waals surface area (Å²) >= 11 is 0. The van der Waals surface area contributed by atoms with Gasteiger partial charge in [-0.05, 0) is 42.0 Å². The summed E-state index contributed by atoms with van der Waals surface area (Å²) in [6, 6.07) is 12.7. The lowest BCUT2D eigenvalue weighted by Crippen LogP contribution is -2.22. The van der Waals surface area contributed by atoms with Gasteiger partial charge < -0.3 is 18.7 Å². The highest BCUT2D eigenvalue weighted by atomic mass is 19.4. The third-order valence-electron chi connectivity index (χ3n) is 5.06. The number of alkyl halides is 3. The largest absolute Gasteiger partial charge is 0.573 e. The van der Waals surface area contributed by atoms with E-state index >= 15 is 0 Å². The summed E-state index contributed by atoms with van der Waals surface area (Å²) in [6.07, 6.45) is -4.96. The van der Waals surface area contributed by atoms with E-state index < -0.39 is 6.36 Å². The van der Waals surface area contributed by atoms with Gasteiger partial charge in [0.15, 0.2) is 5.69 Å². The van der Waals surface area contributed by atoms with E-state index in [9.17, 15) is 13.2 Å². The zero-order chi connectivity index (χ0) is 23.0. The number of nitrogens with zero attached hydrogens (tertiary/aromatic N) is 5. The molecule has 4 aromatic rings. The Bertz CT molecular complexity index is 1250. The summed E-state index contributed by atoms with van der Waals surface area (Å²) < 4.78 is 59.0. The molecule has 0 saturated heterocycles. The minimum Gasteiger partial charge on any atom is -0.497 e. The first-order valence-electron chi connectivity index (χ1n) is 9.78. The monoisotopic (exact) mass is 459 g/mol. The molecular weight excluding hydrogens is 443 g/mol. The molecule has 0 amide bonds. The second-order valence-corrected chi connectivity index (χ2v) is 7.13. The van der Waals surface area contributed by atoms with Crippen molar-refractivity contribution < 1.29 is 31.9 Å². The number of methoxy groups -OCH3 is 1. The Morgan fingerprint density at radius 1 is 1.03 bits per heavy atom. The number of hydrogen-bond acceptors (Lipinski definition) is 8. The van der Waals surface area contributed by atoms with Crippen LogP contribution in [-0.2, 0) is 17.9 Å². The summed E-state index contributed by atoms with van der Waals surface area (Å²) in [5, 5.41) is 12.2. The summed E-state index contributed by atoms with van der Waals surface area (Å²) in [5.41, 5.74) is 2.51. The van der Waals surface area contributed by atoms with Gasteiger partial charge in [0.2, 0.25) is 5.82 Å². The number of benzene rings is 2. The topological polar surface area (TPSA) is 97.3 Å². The molecule has 1 aliphatic heterocycles. The Morgan fingerprint density at radius 3 is 2.45 bits per heavy atom. The van der Waals surface area contributed by atoms with Crippen LogP contribution < -0.4 is 9.47 Å². The zero-order valence-electron chi connectivity index (χ0n) is 17.1. The van der Waals surface area contributed by atoms with E-state index in [4.69, 9.17) is 14.0 Å². The van der Waals surface area contributed by atoms with Gasteiger partial charge in [0, 0.05) is 5.56 Å². The maximum Gasteiger partial charge on any atom is 0.573 e. The maximum atomic E-state index is 12.3. The molecule has 0 aliphatic carbocycles. The van der Waals surface area contributed by atoms with Crippen LogP contribution in [0.4, 0.5) is 13.2 Å². The van der Waals surface area contributed by atoms with Crippen LogP contribution in [0, 0.1) is 0 Å². The molecule has 1 aliphatic rings. The predicted molar refractivity (Wildman–Crippen MR) is 106 cm³/mol. The van der Waals surface area contributed by atoms with Crippen molar-refractivity contribution >= 4 is 0 Å².